The average molecular weight is 404 g/mol. The molecule has 2 N–H and O–H groups in total. The molecule has 3 heterocycles. The first-order valence-corrected chi connectivity index (χ1v) is 10.7. The Morgan fingerprint density at radius 2 is 2.07 bits per heavy atom. The molecule has 0 bridgehead atoms. The van der Waals surface area contributed by atoms with Crippen LogP contribution >= 0.6 is 0 Å². The summed E-state index contributed by atoms with van der Waals surface area (Å²) >= 11 is 0. The Kier molecular flexibility index (Phi) is 6.23. The standard InChI is InChI=1S/C24H29N5O/c1-3-17(2)19-9-4-10-20-21(19)23-22(24(25)28-20)27-16-29(23)12-14-30-13-6-8-18-7-5-11-26-15-18/h4-5,7,9-11,15-17H,3,6,8,12-14H2,1-2H3,(H2,25,28). The number of nitrogens with zero attached hydrogens (tertiary/aromatic N) is 4. The van der Waals surface area contributed by atoms with Crippen molar-refractivity contribution in [3.63, 3.8) is 0 Å². The van der Waals surface area contributed by atoms with Gasteiger partial charge in [0.15, 0.2) is 5.82 Å². The summed E-state index contributed by atoms with van der Waals surface area (Å²) in [6, 6.07) is 10.4. The lowest BCUT2D eigenvalue weighted by Gasteiger charge is -2.15. The molecule has 0 aliphatic carbocycles. The van der Waals surface area contributed by atoms with E-state index in [2.05, 4.69) is 51.6 Å². The highest BCUT2D eigenvalue weighted by Crippen LogP contribution is 2.34. The van der Waals surface area contributed by atoms with E-state index in [0.29, 0.717) is 18.3 Å². The first-order valence-electron chi connectivity index (χ1n) is 10.7. The van der Waals surface area contributed by atoms with E-state index in [4.69, 9.17) is 10.5 Å². The van der Waals surface area contributed by atoms with Crippen molar-refractivity contribution in [3.8, 4) is 0 Å². The van der Waals surface area contributed by atoms with E-state index in [9.17, 15) is 0 Å². The molecule has 0 fully saturated rings. The molecule has 0 spiro atoms. The van der Waals surface area contributed by atoms with Gasteiger partial charge in [0.25, 0.3) is 0 Å². The average Bonchev–Trinajstić information content (AvgIpc) is 3.20. The van der Waals surface area contributed by atoms with Crippen molar-refractivity contribution >= 4 is 27.8 Å². The van der Waals surface area contributed by atoms with Crippen LogP contribution < -0.4 is 5.73 Å². The van der Waals surface area contributed by atoms with E-state index in [-0.39, 0.29) is 0 Å². The fourth-order valence-corrected chi connectivity index (χ4v) is 3.91. The molecular formula is C24H29N5O. The van der Waals surface area contributed by atoms with E-state index >= 15 is 0 Å². The number of imidazole rings is 1. The molecule has 6 nitrogen and oxygen atoms in total. The summed E-state index contributed by atoms with van der Waals surface area (Å²) in [5.41, 5.74) is 11.5. The molecule has 1 unspecified atom stereocenters. The molecule has 0 aliphatic rings. The van der Waals surface area contributed by atoms with Crippen molar-refractivity contribution in [1.29, 1.82) is 0 Å². The van der Waals surface area contributed by atoms with Gasteiger partial charge in [-0.1, -0.05) is 32.0 Å². The smallest absolute Gasteiger partial charge is 0.152 e. The number of pyridine rings is 2. The highest BCUT2D eigenvalue weighted by Gasteiger charge is 2.17. The fraction of sp³-hybridized carbons (Fsp3) is 0.375. The van der Waals surface area contributed by atoms with Gasteiger partial charge in [0.2, 0.25) is 0 Å². The van der Waals surface area contributed by atoms with Gasteiger partial charge in [-0.25, -0.2) is 9.97 Å². The minimum Gasteiger partial charge on any atom is -0.382 e. The maximum atomic E-state index is 6.22. The quantitative estimate of drug-likeness (QED) is 0.409. The first kappa shape index (κ1) is 20.3. The van der Waals surface area contributed by atoms with Crippen LogP contribution in [0, 0.1) is 0 Å². The second-order valence-corrected chi connectivity index (χ2v) is 7.76. The SMILES string of the molecule is CCC(C)c1cccc2nc(N)c3ncn(CCOCCCc4cccnc4)c3c12. The molecule has 0 radical (unpaired) electrons. The van der Waals surface area contributed by atoms with Crippen LogP contribution in [0.5, 0.6) is 0 Å². The van der Waals surface area contributed by atoms with Crippen molar-refractivity contribution in [1.82, 2.24) is 19.5 Å². The first-order chi connectivity index (χ1) is 14.7. The number of hydrogen-bond donors (Lipinski definition) is 1. The van der Waals surface area contributed by atoms with Gasteiger partial charge in [0.05, 0.1) is 24.0 Å². The van der Waals surface area contributed by atoms with Gasteiger partial charge < -0.3 is 15.0 Å². The van der Waals surface area contributed by atoms with Crippen LogP contribution in [0.2, 0.25) is 0 Å². The van der Waals surface area contributed by atoms with Gasteiger partial charge >= 0.3 is 0 Å². The molecule has 0 aliphatic heterocycles. The Labute approximate surface area is 177 Å². The number of hydrogen-bond acceptors (Lipinski definition) is 5. The molecule has 0 saturated heterocycles. The highest BCUT2D eigenvalue weighted by atomic mass is 16.5. The van der Waals surface area contributed by atoms with E-state index in [1.807, 2.05) is 24.7 Å². The van der Waals surface area contributed by atoms with Gasteiger partial charge in [0, 0.05) is 30.9 Å². The second kappa shape index (κ2) is 9.22. The molecule has 1 atom stereocenters. The van der Waals surface area contributed by atoms with Crippen molar-refractivity contribution in [3.05, 3.63) is 60.2 Å². The third-order valence-corrected chi connectivity index (χ3v) is 5.73. The van der Waals surface area contributed by atoms with Gasteiger partial charge in [-0.2, -0.15) is 0 Å². The summed E-state index contributed by atoms with van der Waals surface area (Å²) in [7, 11) is 0. The van der Waals surface area contributed by atoms with Gasteiger partial charge in [-0.05, 0) is 48.4 Å². The number of anilines is 1. The fourth-order valence-electron chi connectivity index (χ4n) is 3.91. The Bertz CT molecular complexity index is 1120. The van der Waals surface area contributed by atoms with Gasteiger partial charge in [-0.15, -0.1) is 0 Å². The van der Waals surface area contributed by atoms with Crippen molar-refractivity contribution < 1.29 is 4.74 Å². The Morgan fingerprint density at radius 3 is 2.87 bits per heavy atom. The molecule has 6 heteroatoms. The van der Waals surface area contributed by atoms with Crippen LogP contribution in [-0.2, 0) is 17.7 Å². The largest absolute Gasteiger partial charge is 0.382 e. The molecule has 156 valence electrons. The summed E-state index contributed by atoms with van der Waals surface area (Å²) in [5, 5.41) is 1.16. The van der Waals surface area contributed by atoms with Crippen LogP contribution in [-0.4, -0.2) is 32.7 Å². The lowest BCUT2D eigenvalue weighted by molar-refractivity contribution is 0.125. The van der Waals surface area contributed by atoms with E-state index in [1.54, 1.807) is 6.20 Å². The summed E-state index contributed by atoms with van der Waals surface area (Å²) in [5.74, 6) is 0.921. The van der Waals surface area contributed by atoms with Gasteiger partial charge in [0.1, 0.15) is 5.52 Å². The van der Waals surface area contributed by atoms with Crippen molar-refractivity contribution in [2.24, 2.45) is 0 Å². The van der Waals surface area contributed by atoms with Crippen molar-refractivity contribution in [2.75, 3.05) is 18.9 Å². The predicted octanol–water partition coefficient (Wildman–Crippen LogP) is 4.72. The van der Waals surface area contributed by atoms with Crippen LogP contribution in [0.4, 0.5) is 5.82 Å². The summed E-state index contributed by atoms with van der Waals surface area (Å²) in [6.45, 7) is 6.56. The number of aromatic nitrogens is 4. The number of aryl methyl sites for hydroxylation is 1. The summed E-state index contributed by atoms with van der Waals surface area (Å²) < 4.78 is 8.06. The predicted molar refractivity (Wildman–Crippen MR) is 122 cm³/mol. The van der Waals surface area contributed by atoms with Crippen LogP contribution in [0.25, 0.3) is 21.9 Å². The highest BCUT2D eigenvalue weighted by molar-refractivity contribution is 6.08. The molecular weight excluding hydrogens is 374 g/mol. The molecule has 0 saturated carbocycles. The third-order valence-electron chi connectivity index (χ3n) is 5.73. The molecule has 4 rings (SSSR count). The zero-order valence-corrected chi connectivity index (χ0v) is 17.7. The minimum atomic E-state index is 0.439. The Morgan fingerprint density at radius 1 is 1.17 bits per heavy atom. The minimum absolute atomic E-state index is 0.439. The molecule has 3 aromatic heterocycles. The monoisotopic (exact) mass is 403 g/mol. The lowest BCUT2D eigenvalue weighted by Crippen LogP contribution is -2.08. The van der Waals surface area contributed by atoms with Crippen LogP contribution in [0.3, 0.4) is 0 Å². The van der Waals surface area contributed by atoms with E-state index in [0.717, 1.165) is 54.4 Å². The maximum Gasteiger partial charge on any atom is 0.152 e. The molecule has 30 heavy (non-hydrogen) atoms. The van der Waals surface area contributed by atoms with Gasteiger partial charge in [-0.3, -0.25) is 4.98 Å². The Balaban J connectivity index is 1.50. The third kappa shape index (κ3) is 4.14. The molecule has 4 aromatic rings. The number of rotatable bonds is 9. The summed E-state index contributed by atoms with van der Waals surface area (Å²) in [4.78, 5) is 13.3. The summed E-state index contributed by atoms with van der Waals surface area (Å²) in [6.07, 6.45) is 8.60. The maximum absolute atomic E-state index is 6.22. The van der Waals surface area contributed by atoms with Crippen LogP contribution in [0.15, 0.2) is 49.1 Å². The number of benzene rings is 1. The zero-order valence-electron chi connectivity index (χ0n) is 17.7. The number of nitrogens with two attached hydrogens (primary N) is 1. The van der Waals surface area contributed by atoms with E-state index < -0.39 is 0 Å². The number of nitrogen functional groups attached to an aromatic ring is 1. The van der Waals surface area contributed by atoms with Crippen LogP contribution in [0.1, 0.15) is 43.7 Å². The Hall–Kier alpha value is -2.99. The molecule has 1 aromatic carbocycles. The number of fused-ring (bicyclic) bond motifs is 3. The number of ether oxygens (including phenoxy) is 1. The lowest BCUT2D eigenvalue weighted by atomic mass is 9.94. The zero-order chi connectivity index (χ0) is 20.9. The second-order valence-electron chi connectivity index (χ2n) is 7.76. The van der Waals surface area contributed by atoms with E-state index in [1.165, 1.54) is 11.1 Å². The topological polar surface area (TPSA) is 78.8 Å². The van der Waals surface area contributed by atoms with Crippen molar-refractivity contribution in [2.45, 2.75) is 45.6 Å². The molecule has 0 amide bonds. The normalized spacial score (nSPS) is 12.6.